The van der Waals surface area contributed by atoms with E-state index < -0.39 is 44.9 Å². The van der Waals surface area contributed by atoms with Crippen molar-refractivity contribution in [2.24, 2.45) is 0 Å². The minimum Gasteiger partial charge on any atom is 0 e. The van der Waals surface area contributed by atoms with Crippen LogP contribution in [0.1, 0.15) is 1.43 Å². The van der Waals surface area contributed by atoms with Gasteiger partial charge in [0.2, 0.25) is 0 Å². The van der Waals surface area contributed by atoms with E-state index in [1.54, 1.807) is 0 Å². The number of hydrogen-bond acceptors (Lipinski definition) is 3. The molecular weight excluding hydrogens is 386 g/mol. The minimum atomic E-state index is -0.812. The molecule has 6 nitrogen and oxygen atoms in total. The van der Waals surface area contributed by atoms with Crippen LogP contribution in [0.25, 0.3) is 0 Å². The van der Waals surface area contributed by atoms with E-state index in [2.05, 4.69) is 0 Å². The zero-order valence-corrected chi connectivity index (χ0v) is 11.1. The minimum absolute atomic E-state index is 0. The Bertz CT molecular complexity index is 64.6. The molecular formula is H4Co3LiNiO6Ti. The Balaban J connectivity index is -0.00000000720. The number of rotatable bonds is 0. The van der Waals surface area contributed by atoms with E-state index in [4.69, 9.17) is 24.3 Å². The Hall–Kier alpha value is 2.60. The van der Waals surface area contributed by atoms with E-state index in [9.17, 15) is 0 Å². The molecule has 0 heterocycles. The molecule has 0 unspecified atom stereocenters. The topological polar surface area (TPSA) is 112 Å². The van der Waals surface area contributed by atoms with Gasteiger partial charge < -0.3 is 1.43 Å². The van der Waals surface area contributed by atoms with Gasteiger partial charge in [0.25, 0.3) is 0 Å². The van der Waals surface area contributed by atoms with E-state index in [1.165, 1.54) is 0 Å². The van der Waals surface area contributed by atoms with E-state index in [0.717, 1.165) is 0 Å². The quantitative estimate of drug-likeness (QED) is 0.358. The third-order valence-electron chi connectivity index (χ3n) is 0. The molecule has 0 aliphatic carbocycles. The Kier molecular flexibility index (Phi) is 209. The summed E-state index contributed by atoms with van der Waals surface area (Å²) >= 11 is -2.44. The van der Waals surface area contributed by atoms with Crippen molar-refractivity contribution >= 4 is 0 Å². The third-order valence-corrected chi connectivity index (χ3v) is 0. The van der Waals surface area contributed by atoms with E-state index in [-0.39, 0.29) is 58.5 Å². The van der Waals surface area contributed by atoms with E-state index in [1.807, 2.05) is 0 Å². The normalized spacial score (nSPS) is 5.25. The molecule has 0 aromatic rings. The first-order valence-electron chi connectivity index (χ1n) is 0.855. The Labute approximate surface area is 126 Å². The molecule has 0 aromatic heterocycles. The van der Waals surface area contributed by atoms with Crippen molar-refractivity contribution in [1.82, 2.24) is 0 Å². The second kappa shape index (κ2) is 68.8. The van der Waals surface area contributed by atoms with Crippen molar-refractivity contribution in [2.75, 3.05) is 0 Å². The van der Waals surface area contributed by atoms with Gasteiger partial charge >= 0.3 is 88.0 Å². The van der Waals surface area contributed by atoms with Gasteiger partial charge in [-0.25, -0.2) is 0 Å². The van der Waals surface area contributed by atoms with Gasteiger partial charge in [-0.3, -0.25) is 0 Å². The fourth-order valence-corrected chi connectivity index (χ4v) is 0. The summed E-state index contributed by atoms with van der Waals surface area (Å²) in [4.78, 5) is 0. The second-order valence-corrected chi connectivity index (χ2v) is 0.753. The molecule has 3 N–H and O–H groups in total. The molecule has 12 heavy (non-hydrogen) atoms. The molecule has 0 aliphatic heterocycles. The van der Waals surface area contributed by atoms with Gasteiger partial charge in [0.05, 0.1) is 0 Å². The first-order valence-corrected chi connectivity index (χ1v) is 3.53. The SMILES string of the molecule is [H-].[Li+].[Ni].[O]=[Co][OH].[O]=[Co][OH].[O]=[Co][OH].[Ti]. The van der Waals surface area contributed by atoms with Gasteiger partial charge in [0.1, 0.15) is 0 Å². The standard InChI is InChI=1S/3Co.Li.Ni.3H2O.3O.Ti.H/h;;;;;3*1H2;;;;;/q4*+1;;;;;;;;;-1/p-3. The predicted molar refractivity (Wildman–Crippen MR) is 9.83 cm³/mol. The summed E-state index contributed by atoms with van der Waals surface area (Å²) in [6.45, 7) is 0. The summed E-state index contributed by atoms with van der Waals surface area (Å²) in [5, 5.41) is 0. The Morgan fingerprint density at radius 3 is 0.833 bits per heavy atom. The molecule has 0 aromatic carbocycles. The molecule has 0 spiro atoms. The third kappa shape index (κ3) is 250. The molecule has 0 rings (SSSR count). The molecule has 0 fully saturated rings. The van der Waals surface area contributed by atoms with Crippen LogP contribution in [0.3, 0.4) is 0 Å². The fraction of sp³-hybridized carbons (Fsp3) is 0. The molecule has 0 atom stereocenters. The molecule has 0 saturated heterocycles. The zero-order valence-electron chi connectivity index (χ0n) is 6.38. The van der Waals surface area contributed by atoms with Crippen LogP contribution in [0, 0.1) is 0 Å². The van der Waals surface area contributed by atoms with Crippen LogP contribution in [0.4, 0.5) is 0 Å². The van der Waals surface area contributed by atoms with Crippen molar-refractivity contribution in [3.8, 4) is 0 Å². The van der Waals surface area contributed by atoms with Crippen LogP contribution < -0.4 is 18.9 Å². The maximum absolute atomic E-state index is 8.45. The average Bonchev–Trinajstić information content (AvgIpc) is 1.70. The Morgan fingerprint density at radius 1 is 0.833 bits per heavy atom. The molecule has 82 valence electrons. The summed E-state index contributed by atoms with van der Waals surface area (Å²) in [7, 11) is 0. The molecule has 0 saturated carbocycles. The van der Waals surface area contributed by atoms with Crippen LogP contribution in [0.2, 0.25) is 0 Å². The molecule has 12 heteroatoms. The van der Waals surface area contributed by atoms with Crippen molar-refractivity contribution < 1.29 is 128 Å². The van der Waals surface area contributed by atoms with Crippen LogP contribution in [-0.4, -0.2) is 12.7 Å². The summed E-state index contributed by atoms with van der Waals surface area (Å²) < 4.78 is 46.3. The van der Waals surface area contributed by atoms with Crippen molar-refractivity contribution in [2.45, 2.75) is 0 Å². The second-order valence-electron chi connectivity index (χ2n) is 0.183. The molecule has 0 radical (unpaired) electrons. The molecule has 0 aliphatic rings. The molecule has 0 bridgehead atoms. The van der Waals surface area contributed by atoms with E-state index in [0.29, 0.717) is 0 Å². The van der Waals surface area contributed by atoms with Crippen molar-refractivity contribution in [3.05, 3.63) is 0 Å². The van der Waals surface area contributed by atoms with Crippen LogP contribution in [0.5, 0.6) is 0 Å². The van der Waals surface area contributed by atoms with Gasteiger partial charge in [-0.2, -0.15) is 0 Å². The first-order chi connectivity index (χ1) is 4.24. The largest absolute Gasteiger partial charge is 0 e. The van der Waals surface area contributed by atoms with Crippen LogP contribution in [-0.2, 0) is 94.7 Å². The van der Waals surface area contributed by atoms with Gasteiger partial charge in [-0.05, 0) is 0 Å². The van der Waals surface area contributed by atoms with Crippen LogP contribution in [0.15, 0.2) is 0 Å². The maximum atomic E-state index is 8.45. The zero-order chi connectivity index (χ0) is 8.12. The van der Waals surface area contributed by atoms with Crippen molar-refractivity contribution in [3.63, 3.8) is 0 Å². The summed E-state index contributed by atoms with van der Waals surface area (Å²) in [5.74, 6) is 0. The summed E-state index contributed by atoms with van der Waals surface area (Å²) in [5.41, 5.74) is 0. The summed E-state index contributed by atoms with van der Waals surface area (Å²) in [6.07, 6.45) is 0. The van der Waals surface area contributed by atoms with E-state index >= 15 is 0 Å². The maximum Gasteiger partial charge on any atom is 0 e. The number of hydrogen-bond donors (Lipinski definition) is 3. The van der Waals surface area contributed by atoms with Crippen molar-refractivity contribution in [1.29, 1.82) is 0 Å². The van der Waals surface area contributed by atoms with Gasteiger partial charge in [-0.1, -0.05) is 0 Å². The van der Waals surface area contributed by atoms with Gasteiger partial charge in [0, 0.05) is 38.2 Å². The monoisotopic (exact) mass is 390 g/mol. The average molecular weight is 390 g/mol. The predicted octanol–water partition coefficient (Wildman–Crippen LogP) is -4.92. The van der Waals surface area contributed by atoms with Crippen LogP contribution >= 0.6 is 0 Å². The summed E-state index contributed by atoms with van der Waals surface area (Å²) in [6, 6.07) is 0. The Morgan fingerprint density at radius 2 is 0.833 bits per heavy atom. The van der Waals surface area contributed by atoms with Gasteiger partial charge in [-0.15, -0.1) is 0 Å². The first kappa shape index (κ1) is 36.5. The fourth-order valence-electron chi connectivity index (χ4n) is 0. The van der Waals surface area contributed by atoms with Gasteiger partial charge in [0.15, 0.2) is 0 Å². The molecule has 0 amide bonds. The smallest absolute Gasteiger partial charge is 0 e.